The lowest BCUT2D eigenvalue weighted by molar-refractivity contribution is 0.0600. The van der Waals surface area contributed by atoms with Gasteiger partial charge in [0.1, 0.15) is 5.75 Å². The normalized spacial score (nSPS) is 16.2. The van der Waals surface area contributed by atoms with Gasteiger partial charge in [-0.3, -0.25) is 0 Å². The average Bonchev–Trinajstić information content (AvgIpc) is 2.87. The van der Waals surface area contributed by atoms with Crippen LogP contribution in [0.3, 0.4) is 0 Å². The van der Waals surface area contributed by atoms with Crippen molar-refractivity contribution in [1.82, 2.24) is 9.21 Å². The number of piperidine rings is 1. The standard InChI is InChI=1S/C24H30N2O7S/c1-4-33-24(28)25-15-5-6-20(17-25)26(16-18-7-9-19(10-8-18)23(27)32-3)34(29,30)22-13-11-21(31-2)12-14-22/h7-14,20H,4-6,15-17H2,1-3H3. The average molecular weight is 491 g/mol. The third-order valence-electron chi connectivity index (χ3n) is 5.71. The summed E-state index contributed by atoms with van der Waals surface area (Å²) in [4.78, 5) is 25.8. The molecule has 1 saturated heterocycles. The summed E-state index contributed by atoms with van der Waals surface area (Å²) in [7, 11) is -1.09. The number of methoxy groups -OCH3 is 2. The molecule has 0 spiro atoms. The Bertz CT molecular complexity index is 1090. The molecule has 34 heavy (non-hydrogen) atoms. The summed E-state index contributed by atoms with van der Waals surface area (Å²) in [6, 6.07) is 12.4. The smallest absolute Gasteiger partial charge is 0.409 e. The fraction of sp³-hybridized carbons (Fsp3) is 0.417. The Kier molecular flexibility index (Phi) is 8.51. The number of carbonyl (C=O) groups is 2. The molecule has 1 amide bonds. The van der Waals surface area contributed by atoms with E-state index >= 15 is 0 Å². The molecule has 0 aromatic heterocycles. The van der Waals surface area contributed by atoms with Crippen molar-refractivity contribution in [2.24, 2.45) is 0 Å². The number of rotatable bonds is 8. The first-order valence-electron chi connectivity index (χ1n) is 11.0. The number of esters is 1. The molecule has 0 saturated carbocycles. The Morgan fingerprint density at radius 2 is 1.74 bits per heavy atom. The summed E-state index contributed by atoms with van der Waals surface area (Å²) in [6.07, 6.45) is 0.807. The highest BCUT2D eigenvalue weighted by molar-refractivity contribution is 7.89. The highest BCUT2D eigenvalue weighted by atomic mass is 32.2. The molecular formula is C24H30N2O7S. The molecule has 1 unspecified atom stereocenters. The van der Waals surface area contributed by atoms with Gasteiger partial charge in [-0.05, 0) is 61.7 Å². The molecule has 0 radical (unpaired) electrons. The second-order valence-corrected chi connectivity index (χ2v) is 9.75. The quantitative estimate of drug-likeness (QED) is 0.523. The van der Waals surface area contributed by atoms with Crippen molar-refractivity contribution in [3.05, 3.63) is 59.7 Å². The van der Waals surface area contributed by atoms with Gasteiger partial charge in [0.05, 0.1) is 31.3 Å². The number of benzene rings is 2. The van der Waals surface area contributed by atoms with Gasteiger partial charge < -0.3 is 19.1 Å². The lowest BCUT2D eigenvalue weighted by Crippen LogP contribution is -2.51. The molecule has 184 valence electrons. The van der Waals surface area contributed by atoms with Gasteiger partial charge in [0.2, 0.25) is 10.0 Å². The number of carbonyl (C=O) groups excluding carboxylic acids is 2. The Hall–Kier alpha value is -3.11. The van der Waals surface area contributed by atoms with E-state index in [1.807, 2.05) is 0 Å². The Balaban J connectivity index is 1.93. The van der Waals surface area contributed by atoms with Crippen LogP contribution < -0.4 is 4.74 Å². The molecule has 0 bridgehead atoms. The van der Waals surface area contributed by atoms with Gasteiger partial charge in [-0.15, -0.1) is 0 Å². The van der Waals surface area contributed by atoms with Crippen molar-refractivity contribution in [2.75, 3.05) is 33.9 Å². The first-order valence-corrected chi connectivity index (χ1v) is 12.5. The molecule has 1 fully saturated rings. The first kappa shape index (κ1) is 25.5. The molecule has 2 aromatic rings. The largest absolute Gasteiger partial charge is 0.497 e. The van der Waals surface area contributed by atoms with Crippen LogP contribution in [0.4, 0.5) is 4.79 Å². The minimum atomic E-state index is -3.91. The monoisotopic (exact) mass is 490 g/mol. The van der Waals surface area contributed by atoms with Crippen LogP contribution in [-0.2, 0) is 26.0 Å². The highest BCUT2D eigenvalue weighted by Crippen LogP contribution is 2.27. The molecule has 2 aromatic carbocycles. The zero-order chi connectivity index (χ0) is 24.7. The van der Waals surface area contributed by atoms with E-state index in [4.69, 9.17) is 14.2 Å². The van der Waals surface area contributed by atoms with Crippen molar-refractivity contribution in [3.8, 4) is 5.75 Å². The van der Waals surface area contributed by atoms with Crippen molar-refractivity contribution in [3.63, 3.8) is 0 Å². The number of likely N-dealkylation sites (tertiary alicyclic amines) is 1. The molecule has 1 aliphatic rings. The second kappa shape index (κ2) is 11.3. The SMILES string of the molecule is CCOC(=O)N1CCCC(N(Cc2ccc(C(=O)OC)cc2)S(=O)(=O)c2ccc(OC)cc2)C1. The second-order valence-electron chi connectivity index (χ2n) is 7.86. The summed E-state index contributed by atoms with van der Waals surface area (Å²) in [5.74, 6) is 0.0849. The van der Waals surface area contributed by atoms with E-state index in [1.54, 1.807) is 48.2 Å². The summed E-state index contributed by atoms with van der Waals surface area (Å²) in [5, 5.41) is 0. The predicted octanol–water partition coefficient (Wildman–Crippen LogP) is 3.29. The van der Waals surface area contributed by atoms with E-state index in [-0.39, 0.29) is 24.6 Å². The number of sulfonamides is 1. The van der Waals surface area contributed by atoms with E-state index in [1.165, 1.54) is 30.7 Å². The molecule has 0 aliphatic carbocycles. The molecule has 9 nitrogen and oxygen atoms in total. The fourth-order valence-electron chi connectivity index (χ4n) is 3.91. The molecule has 3 rings (SSSR count). The van der Waals surface area contributed by atoms with Crippen molar-refractivity contribution >= 4 is 22.1 Å². The first-order chi connectivity index (χ1) is 16.3. The van der Waals surface area contributed by atoms with Crippen LogP contribution in [0.25, 0.3) is 0 Å². The van der Waals surface area contributed by atoms with Crippen LogP contribution in [-0.4, -0.2) is 69.6 Å². The van der Waals surface area contributed by atoms with Gasteiger partial charge in [-0.2, -0.15) is 4.31 Å². The Labute approximate surface area is 200 Å². The maximum Gasteiger partial charge on any atom is 0.409 e. The lowest BCUT2D eigenvalue weighted by atomic mass is 10.1. The predicted molar refractivity (Wildman–Crippen MR) is 125 cm³/mol. The summed E-state index contributed by atoms with van der Waals surface area (Å²) in [6.45, 7) is 2.81. The summed E-state index contributed by atoms with van der Waals surface area (Å²) in [5.41, 5.74) is 1.08. The van der Waals surface area contributed by atoms with Gasteiger partial charge >= 0.3 is 12.1 Å². The van der Waals surface area contributed by atoms with E-state index in [2.05, 4.69) is 0 Å². The van der Waals surface area contributed by atoms with Crippen LogP contribution >= 0.6 is 0 Å². The zero-order valence-corrected chi connectivity index (χ0v) is 20.4. The number of ether oxygens (including phenoxy) is 3. The van der Waals surface area contributed by atoms with Gasteiger partial charge in [-0.1, -0.05) is 12.1 Å². The van der Waals surface area contributed by atoms with Crippen LogP contribution in [0.5, 0.6) is 5.75 Å². The molecule has 10 heteroatoms. The van der Waals surface area contributed by atoms with E-state index < -0.39 is 28.1 Å². The van der Waals surface area contributed by atoms with Crippen molar-refractivity contribution in [2.45, 2.75) is 37.2 Å². The summed E-state index contributed by atoms with van der Waals surface area (Å²) >= 11 is 0. The van der Waals surface area contributed by atoms with Gasteiger partial charge in [0.15, 0.2) is 0 Å². The molecular weight excluding hydrogens is 460 g/mol. The topological polar surface area (TPSA) is 102 Å². The zero-order valence-electron chi connectivity index (χ0n) is 19.6. The Morgan fingerprint density at radius 3 is 2.32 bits per heavy atom. The summed E-state index contributed by atoms with van der Waals surface area (Å²) < 4.78 is 43.9. The van der Waals surface area contributed by atoms with Crippen molar-refractivity contribution in [1.29, 1.82) is 0 Å². The van der Waals surface area contributed by atoms with Crippen LogP contribution in [0.15, 0.2) is 53.4 Å². The maximum absolute atomic E-state index is 13.7. The highest BCUT2D eigenvalue weighted by Gasteiger charge is 2.36. The van der Waals surface area contributed by atoms with E-state index in [9.17, 15) is 18.0 Å². The minimum absolute atomic E-state index is 0.0805. The third kappa shape index (κ3) is 5.87. The Morgan fingerprint density at radius 1 is 1.06 bits per heavy atom. The molecule has 0 N–H and O–H groups in total. The number of amides is 1. The number of nitrogens with zero attached hydrogens (tertiary/aromatic N) is 2. The maximum atomic E-state index is 13.7. The van der Waals surface area contributed by atoms with Crippen LogP contribution in [0.1, 0.15) is 35.7 Å². The van der Waals surface area contributed by atoms with E-state index in [0.29, 0.717) is 36.3 Å². The minimum Gasteiger partial charge on any atom is -0.497 e. The lowest BCUT2D eigenvalue weighted by Gasteiger charge is -2.38. The van der Waals surface area contributed by atoms with Gasteiger partial charge in [0.25, 0.3) is 0 Å². The van der Waals surface area contributed by atoms with Gasteiger partial charge in [0, 0.05) is 25.7 Å². The molecule has 1 heterocycles. The molecule has 1 atom stereocenters. The number of hydrogen-bond donors (Lipinski definition) is 0. The van der Waals surface area contributed by atoms with Crippen LogP contribution in [0.2, 0.25) is 0 Å². The third-order valence-corrected chi connectivity index (χ3v) is 7.62. The van der Waals surface area contributed by atoms with Gasteiger partial charge in [-0.25, -0.2) is 18.0 Å². The van der Waals surface area contributed by atoms with Crippen molar-refractivity contribution < 1.29 is 32.2 Å². The number of hydrogen-bond acceptors (Lipinski definition) is 7. The fourth-order valence-corrected chi connectivity index (χ4v) is 5.54. The molecule has 1 aliphatic heterocycles. The van der Waals surface area contributed by atoms with E-state index in [0.717, 1.165) is 0 Å². The van der Waals surface area contributed by atoms with Crippen LogP contribution in [0, 0.1) is 0 Å².